The minimum atomic E-state index is -1.00. The molecule has 1 aromatic carbocycles. The van der Waals surface area contributed by atoms with Gasteiger partial charge in [0.1, 0.15) is 17.8 Å². The first-order valence-electron chi connectivity index (χ1n) is 9.39. The highest BCUT2D eigenvalue weighted by Crippen LogP contribution is 2.32. The van der Waals surface area contributed by atoms with Gasteiger partial charge in [-0.2, -0.15) is 0 Å². The summed E-state index contributed by atoms with van der Waals surface area (Å²) in [5.74, 6) is 0.646. The fourth-order valence-electron chi connectivity index (χ4n) is 3.40. The second-order valence-corrected chi connectivity index (χ2v) is 7.70. The molecule has 1 aliphatic carbocycles. The van der Waals surface area contributed by atoms with Gasteiger partial charge in [0.25, 0.3) is 5.91 Å². The SMILES string of the molecule is COc1ccc(CC[C@]2(C)NC(=O)N(CC(=O)N[C@H](C)C3CC3)C2=O)cc1. The Morgan fingerprint density at radius 2 is 2.00 bits per heavy atom. The van der Waals surface area contributed by atoms with Gasteiger partial charge in [-0.1, -0.05) is 12.1 Å². The van der Waals surface area contributed by atoms with Crippen LogP contribution < -0.4 is 15.4 Å². The Kier molecular flexibility index (Phi) is 5.39. The first kappa shape index (κ1) is 19.2. The predicted octanol–water partition coefficient (Wildman–Crippen LogP) is 1.85. The maximum atomic E-state index is 12.8. The number of methoxy groups -OCH3 is 1. The highest BCUT2D eigenvalue weighted by molar-refractivity contribution is 6.08. The van der Waals surface area contributed by atoms with Crippen molar-refractivity contribution >= 4 is 17.8 Å². The summed E-state index contributed by atoms with van der Waals surface area (Å²) in [5, 5.41) is 5.63. The van der Waals surface area contributed by atoms with Gasteiger partial charge in [0.15, 0.2) is 0 Å². The average molecular weight is 373 g/mol. The summed E-state index contributed by atoms with van der Waals surface area (Å²) in [6.07, 6.45) is 3.33. The standard InChI is InChI=1S/C20H27N3O4/c1-13(15-6-7-15)21-17(24)12-23-18(25)20(2,22-19(23)26)11-10-14-4-8-16(27-3)9-5-14/h4-5,8-9,13,15H,6-7,10-12H2,1-3H3,(H,21,24)(H,22,26)/t13-,20+/m1/s1. The summed E-state index contributed by atoms with van der Waals surface area (Å²) in [6.45, 7) is 3.43. The molecule has 0 unspecified atom stereocenters. The number of hydrogen-bond donors (Lipinski definition) is 2. The van der Waals surface area contributed by atoms with Crippen LogP contribution in [0.25, 0.3) is 0 Å². The van der Waals surface area contributed by atoms with Crippen molar-refractivity contribution in [1.82, 2.24) is 15.5 Å². The van der Waals surface area contributed by atoms with E-state index in [4.69, 9.17) is 4.74 Å². The molecule has 2 aliphatic rings. The molecule has 1 saturated carbocycles. The zero-order valence-electron chi connectivity index (χ0n) is 16.1. The maximum absolute atomic E-state index is 12.8. The van der Waals surface area contributed by atoms with E-state index in [1.807, 2.05) is 31.2 Å². The molecular weight excluding hydrogens is 346 g/mol. The van der Waals surface area contributed by atoms with Gasteiger partial charge in [-0.05, 0) is 63.1 Å². The van der Waals surface area contributed by atoms with Crippen LogP contribution in [-0.4, -0.2) is 48.0 Å². The van der Waals surface area contributed by atoms with Crippen molar-refractivity contribution in [2.75, 3.05) is 13.7 Å². The van der Waals surface area contributed by atoms with Crippen LogP contribution in [0.2, 0.25) is 0 Å². The molecule has 1 heterocycles. The second-order valence-electron chi connectivity index (χ2n) is 7.70. The normalized spacial score (nSPS) is 23.1. The third kappa shape index (κ3) is 4.40. The number of nitrogens with one attached hydrogen (secondary N) is 2. The fraction of sp³-hybridized carbons (Fsp3) is 0.550. The lowest BCUT2D eigenvalue weighted by Gasteiger charge is -2.22. The number of ether oxygens (including phenoxy) is 1. The van der Waals surface area contributed by atoms with E-state index in [1.165, 1.54) is 0 Å². The fourth-order valence-corrected chi connectivity index (χ4v) is 3.40. The number of nitrogens with zero attached hydrogens (tertiary/aromatic N) is 1. The third-order valence-corrected chi connectivity index (χ3v) is 5.44. The predicted molar refractivity (Wildman–Crippen MR) is 100 cm³/mol. The molecule has 0 radical (unpaired) electrons. The van der Waals surface area contributed by atoms with Crippen molar-refractivity contribution in [3.63, 3.8) is 0 Å². The molecule has 2 atom stereocenters. The second kappa shape index (κ2) is 7.58. The third-order valence-electron chi connectivity index (χ3n) is 5.44. The quantitative estimate of drug-likeness (QED) is 0.681. The van der Waals surface area contributed by atoms with Gasteiger partial charge < -0.3 is 15.4 Å². The summed E-state index contributed by atoms with van der Waals surface area (Å²) in [7, 11) is 1.61. The zero-order chi connectivity index (χ0) is 19.6. The van der Waals surface area contributed by atoms with Gasteiger partial charge in [0.2, 0.25) is 5.91 Å². The van der Waals surface area contributed by atoms with E-state index in [1.54, 1.807) is 14.0 Å². The molecular formula is C20H27N3O4. The van der Waals surface area contributed by atoms with Crippen LogP contribution in [0, 0.1) is 5.92 Å². The van der Waals surface area contributed by atoms with Gasteiger partial charge in [-0.25, -0.2) is 4.79 Å². The number of benzene rings is 1. The van der Waals surface area contributed by atoms with E-state index in [0.29, 0.717) is 18.8 Å². The summed E-state index contributed by atoms with van der Waals surface area (Å²) in [6, 6.07) is 7.18. The Hall–Kier alpha value is -2.57. The molecule has 4 amide bonds. The lowest BCUT2D eigenvalue weighted by atomic mass is 9.93. The van der Waals surface area contributed by atoms with Gasteiger partial charge in [-0.3, -0.25) is 14.5 Å². The monoisotopic (exact) mass is 373 g/mol. The number of urea groups is 1. The lowest BCUT2D eigenvalue weighted by Crippen LogP contribution is -2.46. The van der Waals surface area contributed by atoms with Crippen LogP contribution in [0.15, 0.2) is 24.3 Å². The molecule has 0 aromatic heterocycles. The van der Waals surface area contributed by atoms with Crippen LogP contribution in [0.4, 0.5) is 4.79 Å². The van der Waals surface area contributed by atoms with Crippen molar-refractivity contribution in [2.24, 2.45) is 5.92 Å². The van der Waals surface area contributed by atoms with Gasteiger partial charge >= 0.3 is 6.03 Å². The molecule has 0 spiro atoms. The van der Waals surface area contributed by atoms with Gasteiger partial charge in [-0.15, -0.1) is 0 Å². The van der Waals surface area contributed by atoms with Crippen molar-refractivity contribution in [1.29, 1.82) is 0 Å². The van der Waals surface area contributed by atoms with Crippen LogP contribution in [-0.2, 0) is 16.0 Å². The van der Waals surface area contributed by atoms with Crippen LogP contribution in [0.3, 0.4) is 0 Å². The summed E-state index contributed by atoms with van der Waals surface area (Å²) >= 11 is 0. The molecule has 1 saturated heterocycles. The molecule has 0 bridgehead atoms. The lowest BCUT2D eigenvalue weighted by molar-refractivity contribution is -0.134. The molecule has 2 N–H and O–H groups in total. The summed E-state index contributed by atoms with van der Waals surface area (Å²) < 4.78 is 5.14. The number of rotatable bonds is 8. The highest BCUT2D eigenvalue weighted by atomic mass is 16.5. The van der Waals surface area contributed by atoms with Crippen LogP contribution in [0.1, 0.15) is 38.7 Å². The topological polar surface area (TPSA) is 87.7 Å². The molecule has 7 nitrogen and oxygen atoms in total. The van der Waals surface area contributed by atoms with E-state index < -0.39 is 11.6 Å². The average Bonchev–Trinajstić information content (AvgIpc) is 3.46. The highest BCUT2D eigenvalue weighted by Gasteiger charge is 2.48. The molecule has 7 heteroatoms. The van der Waals surface area contributed by atoms with Crippen molar-refractivity contribution in [3.05, 3.63) is 29.8 Å². The first-order valence-corrected chi connectivity index (χ1v) is 9.39. The molecule has 3 rings (SSSR count). The Morgan fingerprint density at radius 1 is 1.33 bits per heavy atom. The number of aryl methyl sites for hydroxylation is 1. The van der Waals surface area contributed by atoms with Gasteiger partial charge in [0.05, 0.1) is 7.11 Å². The first-order chi connectivity index (χ1) is 12.8. The largest absolute Gasteiger partial charge is 0.497 e. The van der Waals surface area contributed by atoms with E-state index in [0.717, 1.165) is 29.1 Å². The van der Waals surface area contributed by atoms with Crippen LogP contribution >= 0.6 is 0 Å². The van der Waals surface area contributed by atoms with Crippen LogP contribution in [0.5, 0.6) is 5.75 Å². The number of imide groups is 1. The molecule has 27 heavy (non-hydrogen) atoms. The maximum Gasteiger partial charge on any atom is 0.325 e. The minimum absolute atomic E-state index is 0.0831. The smallest absolute Gasteiger partial charge is 0.325 e. The van der Waals surface area contributed by atoms with E-state index in [9.17, 15) is 14.4 Å². The van der Waals surface area contributed by atoms with Crippen molar-refractivity contribution in [3.8, 4) is 5.75 Å². The van der Waals surface area contributed by atoms with E-state index in [-0.39, 0.29) is 24.4 Å². The van der Waals surface area contributed by atoms with E-state index in [2.05, 4.69) is 10.6 Å². The zero-order valence-corrected chi connectivity index (χ0v) is 16.1. The molecule has 2 fully saturated rings. The Morgan fingerprint density at radius 3 is 2.59 bits per heavy atom. The Balaban J connectivity index is 1.56. The number of hydrogen-bond acceptors (Lipinski definition) is 4. The Labute approximate surface area is 159 Å². The summed E-state index contributed by atoms with van der Waals surface area (Å²) in [4.78, 5) is 38.2. The van der Waals surface area contributed by atoms with Crippen molar-refractivity contribution < 1.29 is 19.1 Å². The molecule has 1 aromatic rings. The number of amides is 4. The minimum Gasteiger partial charge on any atom is -0.497 e. The van der Waals surface area contributed by atoms with E-state index >= 15 is 0 Å². The summed E-state index contributed by atoms with van der Waals surface area (Å²) in [5.41, 5.74) is 0.0490. The molecule has 1 aliphatic heterocycles. The van der Waals surface area contributed by atoms with Crippen molar-refractivity contribution in [2.45, 2.75) is 51.1 Å². The number of carbonyl (C=O) groups is 3. The Bertz CT molecular complexity index is 729. The molecule has 146 valence electrons. The van der Waals surface area contributed by atoms with Gasteiger partial charge in [0, 0.05) is 6.04 Å². The number of carbonyl (C=O) groups excluding carboxylic acids is 3.